The van der Waals surface area contributed by atoms with Crippen molar-refractivity contribution in [3.8, 4) is 5.75 Å². The van der Waals surface area contributed by atoms with Gasteiger partial charge in [-0.15, -0.1) is 0 Å². The summed E-state index contributed by atoms with van der Waals surface area (Å²) >= 11 is 0. The van der Waals surface area contributed by atoms with E-state index in [4.69, 9.17) is 5.11 Å². The SMILES string of the molecule is O=[N+]([O-])c1ccc(N=Nc2ccc(O)cc2)cc1. The molecule has 0 atom stereocenters. The molecule has 0 bridgehead atoms. The van der Waals surface area contributed by atoms with Crippen molar-refractivity contribution in [1.82, 2.24) is 0 Å². The minimum absolute atomic E-state index is 0.0126. The minimum atomic E-state index is -0.471. The molecule has 0 unspecified atom stereocenters. The Balaban J connectivity index is 2.13. The van der Waals surface area contributed by atoms with E-state index in [1.807, 2.05) is 0 Å². The maximum absolute atomic E-state index is 10.5. The molecule has 6 nitrogen and oxygen atoms in total. The van der Waals surface area contributed by atoms with E-state index in [1.165, 1.54) is 36.4 Å². The number of rotatable bonds is 3. The molecule has 0 spiro atoms. The summed E-state index contributed by atoms with van der Waals surface area (Å²) in [6, 6.07) is 12.0. The van der Waals surface area contributed by atoms with Crippen molar-refractivity contribution in [1.29, 1.82) is 0 Å². The number of phenolic OH excluding ortho intramolecular Hbond substituents is 1. The van der Waals surface area contributed by atoms with E-state index in [0.29, 0.717) is 11.4 Å². The minimum Gasteiger partial charge on any atom is -0.508 e. The number of benzene rings is 2. The van der Waals surface area contributed by atoms with Crippen LogP contribution in [0.5, 0.6) is 5.75 Å². The maximum Gasteiger partial charge on any atom is 0.269 e. The van der Waals surface area contributed by atoms with Crippen LogP contribution in [0.4, 0.5) is 17.1 Å². The Bertz CT molecular complexity index is 577. The van der Waals surface area contributed by atoms with Crippen LogP contribution in [0.3, 0.4) is 0 Å². The molecule has 0 aromatic heterocycles. The lowest BCUT2D eigenvalue weighted by atomic mass is 10.3. The number of phenols is 1. The summed E-state index contributed by atoms with van der Waals surface area (Å²) in [5.74, 6) is 0.157. The van der Waals surface area contributed by atoms with Crippen molar-refractivity contribution in [3.63, 3.8) is 0 Å². The van der Waals surface area contributed by atoms with E-state index >= 15 is 0 Å². The number of hydrogen-bond acceptors (Lipinski definition) is 5. The van der Waals surface area contributed by atoms with Crippen molar-refractivity contribution in [3.05, 3.63) is 58.6 Å². The van der Waals surface area contributed by atoms with E-state index < -0.39 is 4.92 Å². The quantitative estimate of drug-likeness (QED) is 0.506. The van der Waals surface area contributed by atoms with Gasteiger partial charge in [0, 0.05) is 12.1 Å². The van der Waals surface area contributed by atoms with Crippen LogP contribution < -0.4 is 0 Å². The van der Waals surface area contributed by atoms with E-state index in [0.717, 1.165) is 0 Å². The summed E-state index contributed by atoms with van der Waals surface area (Å²) in [4.78, 5) is 9.98. The van der Waals surface area contributed by atoms with Crippen LogP contribution in [-0.2, 0) is 0 Å². The zero-order valence-electron chi connectivity index (χ0n) is 9.22. The first-order valence-electron chi connectivity index (χ1n) is 5.10. The van der Waals surface area contributed by atoms with Crippen molar-refractivity contribution in [2.75, 3.05) is 0 Å². The number of nitro groups is 1. The van der Waals surface area contributed by atoms with Gasteiger partial charge in [0.05, 0.1) is 16.3 Å². The van der Waals surface area contributed by atoms with Crippen LogP contribution in [0.25, 0.3) is 0 Å². The van der Waals surface area contributed by atoms with Gasteiger partial charge in [0.2, 0.25) is 0 Å². The number of aromatic hydroxyl groups is 1. The Morgan fingerprint density at radius 1 is 0.889 bits per heavy atom. The van der Waals surface area contributed by atoms with Gasteiger partial charge in [0.1, 0.15) is 5.75 Å². The first-order valence-corrected chi connectivity index (χ1v) is 5.10. The smallest absolute Gasteiger partial charge is 0.269 e. The highest BCUT2D eigenvalue weighted by Gasteiger charge is 2.02. The number of hydrogen-bond donors (Lipinski definition) is 1. The highest BCUT2D eigenvalue weighted by molar-refractivity contribution is 5.45. The molecule has 90 valence electrons. The predicted molar refractivity (Wildman–Crippen MR) is 65.4 cm³/mol. The fourth-order valence-electron chi connectivity index (χ4n) is 1.28. The van der Waals surface area contributed by atoms with Gasteiger partial charge in [0.15, 0.2) is 0 Å². The molecule has 0 aliphatic carbocycles. The second kappa shape index (κ2) is 5.05. The maximum atomic E-state index is 10.5. The summed E-state index contributed by atoms with van der Waals surface area (Å²) in [6.07, 6.45) is 0. The van der Waals surface area contributed by atoms with Crippen LogP contribution in [0, 0.1) is 10.1 Å². The lowest BCUT2D eigenvalue weighted by Crippen LogP contribution is -1.85. The van der Waals surface area contributed by atoms with Crippen LogP contribution in [0.15, 0.2) is 58.8 Å². The Labute approximate surface area is 102 Å². The molecular formula is C12H9N3O3. The third kappa shape index (κ3) is 2.88. The third-order valence-electron chi connectivity index (χ3n) is 2.19. The van der Waals surface area contributed by atoms with Gasteiger partial charge in [-0.3, -0.25) is 10.1 Å². The summed E-state index contributed by atoms with van der Waals surface area (Å²) in [5.41, 5.74) is 1.12. The molecule has 2 aromatic carbocycles. The van der Waals surface area contributed by atoms with Gasteiger partial charge in [-0.05, 0) is 36.4 Å². The molecule has 6 heteroatoms. The van der Waals surface area contributed by atoms with Gasteiger partial charge < -0.3 is 5.11 Å². The molecule has 0 amide bonds. The summed E-state index contributed by atoms with van der Waals surface area (Å²) in [6.45, 7) is 0. The number of non-ortho nitro benzene ring substituents is 1. The fourth-order valence-corrected chi connectivity index (χ4v) is 1.28. The van der Waals surface area contributed by atoms with Crippen molar-refractivity contribution < 1.29 is 10.0 Å². The lowest BCUT2D eigenvalue weighted by molar-refractivity contribution is -0.384. The van der Waals surface area contributed by atoms with E-state index in [2.05, 4.69) is 10.2 Å². The fraction of sp³-hybridized carbons (Fsp3) is 0. The second-order valence-corrected chi connectivity index (χ2v) is 3.49. The van der Waals surface area contributed by atoms with Gasteiger partial charge in [-0.25, -0.2) is 0 Å². The highest BCUT2D eigenvalue weighted by atomic mass is 16.6. The molecule has 0 fully saturated rings. The first-order chi connectivity index (χ1) is 8.65. The second-order valence-electron chi connectivity index (χ2n) is 3.49. The van der Waals surface area contributed by atoms with Crippen LogP contribution in [0.1, 0.15) is 0 Å². The molecule has 0 aliphatic rings. The largest absolute Gasteiger partial charge is 0.508 e. The normalized spacial score (nSPS) is 10.7. The summed E-state index contributed by atoms with van der Waals surface area (Å²) in [7, 11) is 0. The van der Waals surface area contributed by atoms with E-state index in [9.17, 15) is 10.1 Å². The van der Waals surface area contributed by atoms with E-state index in [-0.39, 0.29) is 11.4 Å². The van der Waals surface area contributed by atoms with Crippen molar-refractivity contribution in [2.45, 2.75) is 0 Å². The molecule has 0 radical (unpaired) electrons. The molecule has 18 heavy (non-hydrogen) atoms. The Morgan fingerprint density at radius 3 is 1.78 bits per heavy atom. The number of nitrogens with zero attached hydrogens (tertiary/aromatic N) is 3. The van der Waals surface area contributed by atoms with Gasteiger partial charge in [0.25, 0.3) is 5.69 Å². The van der Waals surface area contributed by atoms with Crippen molar-refractivity contribution >= 4 is 17.1 Å². The molecule has 2 aromatic rings. The number of azo groups is 1. The highest BCUT2D eigenvalue weighted by Crippen LogP contribution is 2.22. The van der Waals surface area contributed by atoms with Crippen LogP contribution in [-0.4, -0.2) is 10.0 Å². The molecule has 0 saturated carbocycles. The monoisotopic (exact) mass is 243 g/mol. The summed E-state index contributed by atoms with van der Waals surface area (Å²) < 4.78 is 0. The third-order valence-corrected chi connectivity index (χ3v) is 2.19. The lowest BCUT2D eigenvalue weighted by Gasteiger charge is -1.94. The number of nitro benzene ring substituents is 1. The Kier molecular flexibility index (Phi) is 3.29. The molecule has 0 aliphatic heterocycles. The average molecular weight is 243 g/mol. The van der Waals surface area contributed by atoms with Gasteiger partial charge in [-0.1, -0.05) is 0 Å². The zero-order valence-corrected chi connectivity index (χ0v) is 9.22. The molecule has 0 saturated heterocycles. The predicted octanol–water partition coefficient (Wildman–Crippen LogP) is 3.72. The van der Waals surface area contributed by atoms with E-state index in [1.54, 1.807) is 12.1 Å². The Hall–Kier alpha value is -2.76. The molecule has 2 rings (SSSR count). The topological polar surface area (TPSA) is 88.1 Å². The summed E-state index contributed by atoms with van der Waals surface area (Å²) in [5, 5.41) is 27.4. The zero-order chi connectivity index (χ0) is 13.0. The molecule has 1 N–H and O–H groups in total. The average Bonchev–Trinajstić information content (AvgIpc) is 2.38. The van der Waals surface area contributed by atoms with Gasteiger partial charge in [-0.2, -0.15) is 10.2 Å². The first kappa shape index (κ1) is 11.7. The van der Waals surface area contributed by atoms with Gasteiger partial charge >= 0.3 is 0 Å². The van der Waals surface area contributed by atoms with Crippen LogP contribution >= 0.6 is 0 Å². The Morgan fingerprint density at radius 2 is 1.33 bits per heavy atom. The van der Waals surface area contributed by atoms with Crippen molar-refractivity contribution in [2.24, 2.45) is 10.2 Å². The molecule has 0 heterocycles. The standard InChI is InChI=1S/C12H9N3O3/c16-12-7-3-10(4-8-12)14-13-9-1-5-11(6-2-9)15(17)18/h1-8,16H. The molecular weight excluding hydrogens is 234 g/mol. The van der Waals surface area contributed by atoms with Crippen LogP contribution in [0.2, 0.25) is 0 Å².